The number of halogens is 1. The molecule has 1 aromatic rings. The average Bonchev–Trinajstić information content (AvgIpc) is 3.10. The predicted molar refractivity (Wildman–Crippen MR) is 69.7 cm³/mol. The molecule has 2 rings (SSSR count). The molecular weight excluding hydrogens is 215 g/mol. The summed E-state index contributed by atoms with van der Waals surface area (Å²) in [6.07, 6.45) is 3.42. The minimum Gasteiger partial charge on any atom is -0.366 e. The molecule has 3 heteroatoms. The van der Waals surface area contributed by atoms with Crippen LogP contribution in [0, 0.1) is 5.82 Å². The van der Waals surface area contributed by atoms with Gasteiger partial charge in [-0.15, -0.1) is 0 Å². The summed E-state index contributed by atoms with van der Waals surface area (Å²) in [5, 5.41) is 0. The van der Waals surface area contributed by atoms with Gasteiger partial charge < -0.3 is 10.6 Å². The summed E-state index contributed by atoms with van der Waals surface area (Å²) < 4.78 is 14.1. The van der Waals surface area contributed by atoms with Crippen LogP contribution in [-0.2, 0) is 0 Å². The van der Waals surface area contributed by atoms with Crippen LogP contribution in [0.4, 0.5) is 10.1 Å². The molecule has 1 fully saturated rings. The van der Waals surface area contributed by atoms with E-state index in [0.29, 0.717) is 6.04 Å². The van der Waals surface area contributed by atoms with Crippen LogP contribution in [0.2, 0.25) is 0 Å². The van der Waals surface area contributed by atoms with Gasteiger partial charge in [-0.2, -0.15) is 0 Å². The first-order chi connectivity index (χ1) is 8.13. The van der Waals surface area contributed by atoms with Crippen LogP contribution in [0.5, 0.6) is 0 Å². The number of rotatable bonds is 5. The molecule has 0 heterocycles. The van der Waals surface area contributed by atoms with Crippen LogP contribution < -0.4 is 10.6 Å². The third kappa shape index (κ3) is 2.78. The van der Waals surface area contributed by atoms with Gasteiger partial charge in [-0.3, -0.25) is 0 Å². The highest BCUT2D eigenvalue weighted by atomic mass is 19.1. The van der Waals surface area contributed by atoms with Crippen molar-refractivity contribution in [1.82, 2.24) is 0 Å². The first-order valence-corrected chi connectivity index (χ1v) is 6.45. The first-order valence-electron chi connectivity index (χ1n) is 6.45. The SMILES string of the molecule is CCCN(c1ccc([C@@H](C)N)cc1F)C1CC1. The molecule has 17 heavy (non-hydrogen) atoms. The van der Waals surface area contributed by atoms with Gasteiger partial charge in [0.1, 0.15) is 5.82 Å². The first kappa shape index (κ1) is 12.4. The van der Waals surface area contributed by atoms with Gasteiger partial charge in [0.15, 0.2) is 0 Å². The van der Waals surface area contributed by atoms with Crippen molar-refractivity contribution in [2.45, 2.75) is 45.2 Å². The summed E-state index contributed by atoms with van der Waals surface area (Å²) in [5.41, 5.74) is 7.35. The summed E-state index contributed by atoms with van der Waals surface area (Å²) >= 11 is 0. The summed E-state index contributed by atoms with van der Waals surface area (Å²) in [6.45, 7) is 4.93. The largest absolute Gasteiger partial charge is 0.366 e. The van der Waals surface area contributed by atoms with Crippen LogP contribution in [-0.4, -0.2) is 12.6 Å². The van der Waals surface area contributed by atoms with Crippen LogP contribution in [0.25, 0.3) is 0 Å². The van der Waals surface area contributed by atoms with Gasteiger partial charge >= 0.3 is 0 Å². The molecule has 0 amide bonds. The minimum atomic E-state index is -0.139. The van der Waals surface area contributed by atoms with Crippen molar-refractivity contribution in [3.8, 4) is 0 Å². The Balaban J connectivity index is 2.24. The molecule has 0 saturated heterocycles. The van der Waals surface area contributed by atoms with Gasteiger partial charge in [0.25, 0.3) is 0 Å². The molecule has 0 spiro atoms. The van der Waals surface area contributed by atoms with E-state index in [2.05, 4.69) is 11.8 Å². The normalized spacial score (nSPS) is 16.9. The smallest absolute Gasteiger partial charge is 0.146 e. The number of hydrogen-bond donors (Lipinski definition) is 1. The van der Waals surface area contributed by atoms with Crippen molar-refractivity contribution in [1.29, 1.82) is 0 Å². The molecule has 0 radical (unpaired) electrons. The fourth-order valence-electron chi connectivity index (χ4n) is 2.17. The number of nitrogens with zero attached hydrogens (tertiary/aromatic N) is 1. The monoisotopic (exact) mass is 236 g/mol. The van der Waals surface area contributed by atoms with Crippen LogP contribution in [0.3, 0.4) is 0 Å². The molecule has 1 aliphatic carbocycles. The average molecular weight is 236 g/mol. The maximum atomic E-state index is 14.1. The van der Waals surface area contributed by atoms with Gasteiger partial charge in [-0.25, -0.2) is 4.39 Å². The molecule has 0 aromatic heterocycles. The summed E-state index contributed by atoms with van der Waals surface area (Å²) in [7, 11) is 0. The Labute approximate surface area is 103 Å². The Hall–Kier alpha value is -1.09. The maximum Gasteiger partial charge on any atom is 0.146 e. The third-order valence-corrected chi connectivity index (χ3v) is 3.26. The Morgan fingerprint density at radius 1 is 1.47 bits per heavy atom. The predicted octanol–water partition coefficient (Wildman–Crippen LogP) is 3.22. The lowest BCUT2D eigenvalue weighted by molar-refractivity contribution is 0.609. The molecule has 1 aliphatic rings. The summed E-state index contributed by atoms with van der Waals surface area (Å²) in [5.74, 6) is -0.139. The van der Waals surface area contributed by atoms with E-state index in [0.717, 1.165) is 24.2 Å². The van der Waals surface area contributed by atoms with Gasteiger partial charge in [0, 0.05) is 18.6 Å². The van der Waals surface area contributed by atoms with Crippen LogP contribution >= 0.6 is 0 Å². The van der Waals surface area contributed by atoms with E-state index in [-0.39, 0.29) is 11.9 Å². The van der Waals surface area contributed by atoms with Crippen molar-refractivity contribution >= 4 is 5.69 Å². The number of hydrogen-bond acceptors (Lipinski definition) is 2. The van der Waals surface area contributed by atoms with E-state index in [1.165, 1.54) is 12.8 Å². The van der Waals surface area contributed by atoms with E-state index < -0.39 is 0 Å². The topological polar surface area (TPSA) is 29.3 Å². The quantitative estimate of drug-likeness (QED) is 0.850. The number of anilines is 1. The zero-order valence-corrected chi connectivity index (χ0v) is 10.6. The lowest BCUT2D eigenvalue weighted by Gasteiger charge is -2.25. The third-order valence-electron chi connectivity index (χ3n) is 3.26. The van der Waals surface area contributed by atoms with E-state index in [1.54, 1.807) is 6.07 Å². The lowest BCUT2D eigenvalue weighted by atomic mass is 10.1. The molecule has 1 aromatic carbocycles. The number of nitrogens with two attached hydrogens (primary N) is 1. The standard InChI is InChI=1S/C14H21FN2/c1-3-8-17(12-5-6-12)14-7-4-11(10(2)16)9-13(14)15/h4,7,9-10,12H,3,5-6,8,16H2,1-2H3/t10-/m1/s1. The summed E-state index contributed by atoms with van der Waals surface area (Å²) in [6, 6.07) is 5.82. The highest BCUT2D eigenvalue weighted by Crippen LogP contribution is 2.33. The zero-order chi connectivity index (χ0) is 12.4. The van der Waals surface area contributed by atoms with E-state index in [1.807, 2.05) is 19.1 Å². The number of benzene rings is 1. The molecular formula is C14H21FN2. The Morgan fingerprint density at radius 2 is 2.18 bits per heavy atom. The van der Waals surface area contributed by atoms with E-state index in [4.69, 9.17) is 5.73 Å². The maximum absolute atomic E-state index is 14.1. The second-order valence-corrected chi connectivity index (χ2v) is 4.92. The highest BCUT2D eigenvalue weighted by Gasteiger charge is 2.30. The molecule has 2 nitrogen and oxygen atoms in total. The van der Waals surface area contributed by atoms with Gasteiger partial charge in [0.05, 0.1) is 5.69 Å². The van der Waals surface area contributed by atoms with Crippen molar-refractivity contribution in [2.75, 3.05) is 11.4 Å². The molecule has 94 valence electrons. The Bertz CT molecular complexity index is 386. The van der Waals surface area contributed by atoms with Crippen molar-refractivity contribution in [3.05, 3.63) is 29.6 Å². The van der Waals surface area contributed by atoms with E-state index in [9.17, 15) is 4.39 Å². The molecule has 0 unspecified atom stereocenters. The molecule has 1 atom stereocenters. The minimum absolute atomic E-state index is 0.112. The fraction of sp³-hybridized carbons (Fsp3) is 0.571. The van der Waals surface area contributed by atoms with Crippen molar-refractivity contribution in [2.24, 2.45) is 5.73 Å². The zero-order valence-electron chi connectivity index (χ0n) is 10.6. The lowest BCUT2D eigenvalue weighted by Crippen LogP contribution is -2.27. The van der Waals surface area contributed by atoms with E-state index >= 15 is 0 Å². The second-order valence-electron chi connectivity index (χ2n) is 4.92. The van der Waals surface area contributed by atoms with Crippen molar-refractivity contribution < 1.29 is 4.39 Å². The van der Waals surface area contributed by atoms with Crippen molar-refractivity contribution in [3.63, 3.8) is 0 Å². The Kier molecular flexibility index (Phi) is 3.67. The van der Waals surface area contributed by atoms with Crippen LogP contribution in [0.1, 0.15) is 44.7 Å². The van der Waals surface area contributed by atoms with Crippen LogP contribution in [0.15, 0.2) is 18.2 Å². The van der Waals surface area contributed by atoms with Gasteiger partial charge in [-0.1, -0.05) is 13.0 Å². The highest BCUT2D eigenvalue weighted by molar-refractivity contribution is 5.51. The van der Waals surface area contributed by atoms with Gasteiger partial charge in [-0.05, 0) is 43.9 Å². The Morgan fingerprint density at radius 3 is 2.65 bits per heavy atom. The second kappa shape index (κ2) is 5.05. The fourth-order valence-corrected chi connectivity index (χ4v) is 2.17. The van der Waals surface area contributed by atoms with Gasteiger partial charge in [0.2, 0.25) is 0 Å². The molecule has 0 bridgehead atoms. The summed E-state index contributed by atoms with van der Waals surface area (Å²) in [4.78, 5) is 2.19. The molecule has 2 N–H and O–H groups in total. The molecule has 1 saturated carbocycles. The molecule has 0 aliphatic heterocycles.